The number of aromatic nitrogens is 4. The van der Waals surface area contributed by atoms with Gasteiger partial charge in [-0.3, -0.25) is 4.79 Å². The molecule has 1 aromatic carbocycles. The highest BCUT2D eigenvalue weighted by Crippen LogP contribution is 2.23. The van der Waals surface area contributed by atoms with E-state index in [0.29, 0.717) is 17.9 Å². The van der Waals surface area contributed by atoms with Crippen molar-refractivity contribution in [2.75, 3.05) is 18.6 Å². The minimum absolute atomic E-state index is 0.0845. The number of methoxy groups -OCH3 is 1. The van der Waals surface area contributed by atoms with Crippen molar-refractivity contribution in [2.45, 2.75) is 25.8 Å². The van der Waals surface area contributed by atoms with E-state index >= 15 is 0 Å². The summed E-state index contributed by atoms with van der Waals surface area (Å²) in [6.45, 7) is 1.80. The van der Waals surface area contributed by atoms with Crippen molar-refractivity contribution in [2.24, 2.45) is 5.92 Å². The van der Waals surface area contributed by atoms with E-state index in [4.69, 9.17) is 4.74 Å². The highest BCUT2D eigenvalue weighted by molar-refractivity contribution is 7.91. The molecule has 158 valence electrons. The molecule has 1 saturated heterocycles. The number of hydrogen-bond donors (Lipinski definition) is 1. The highest BCUT2D eigenvalue weighted by Gasteiger charge is 2.30. The van der Waals surface area contributed by atoms with Crippen LogP contribution < -0.4 is 10.1 Å². The van der Waals surface area contributed by atoms with Gasteiger partial charge in [0.1, 0.15) is 12.1 Å². The number of rotatable bonds is 6. The number of carbonyl (C=O) groups excluding carboxylic acids is 1. The molecule has 1 amide bonds. The average Bonchev–Trinajstić information content (AvgIpc) is 3.30. The van der Waals surface area contributed by atoms with E-state index in [1.54, 1.807) is 24.9 Å². The van der Waals surface area contributed by atoms with Gasteiger partial charge in [0.2, 0.25) is 5.91 Å². The number of amides is 1. The predicted molar refractivity (Wildman–Crippen MR) is 111 cm³/mol. The molecule has 1 aliphatic heterocycles. The van der Waals surface area contributed by atoms with Crippen LogP contribution in [0.2, 0.25) is 0 Å². The third kappa shape index (κ3) is 4.43. The van der Waals surface area contributed by atoms with E-state index in [9.17, 15) is 13.2 Å². The second-order valence-corrected chi connectivity index (χ2v) is 9.77. The number of hydrogen-bond acceptors (Lipinski definition) is 7. The van der Waals surface area contributed by atoms with E-state index < -0.39 is 15.9 Å². The average molecular weight is 430 g/mol. The Labute approximate surface area is 174 Å². The maximum Gasteiger partial charge on any atom is 0.220 e. The van der Waals surface area contributed by atoms with Crippen LogP contribution in [0.5, 0.6) is 5.75 Å². The van der Waals surface area contributed by atoms with Gasteiger partial charge in [-0.15, -0.1) is 5.10 Å². The first-order chi connectivity index (χ1) is 14.3. The van der Waals surface area contributed by atoms with E-state index in [2.05, 4.69) is 20.4 Å². The fraction of sp³-hybridized carbons (Fsp3) is 0.400. The van der Waals surface area contributed by atoms with E-state index in [0.717, 1.165) is 17.0 Å². The topological polar surface area (TPSA) is 116 Å². The van der Waals surface area contributed by atoms with Gasteiger partial charge in [0.15, 0.2) is 21.3 Å². The molecule has 3 heterocycles. The molecule has 0 radical (unpaired) electrons. The van der Waals surface area contributed by atoms with Gasteiger partial charge in [-0.2, -0.15) is 0 Å². The standard InChI is InChI=1S/C20H23N5O4S/c1-13(22-19(26)9-14-7-8-30(27,28)11-14)20-23-18-10-17(21-12-25(18)24-20)15-3-5-16(29-2)6-4-15/h3-6,10,12-14H,7-9,11H2,1-2H3,(H,22,26)/t13-,14?/m0/s1. The van der Waals surface area contributed by atoms with Crippen LogP contribution in [-0.2, 0) is 14.6 Å². The van der Waals surface area contributed by atoms with Gasteiger partial charge in [-0.1, -0.05) is 0 Å². The fourth-order valence-electron chi connectivity index (χ4n) is 3.58. The second kappa shape index (κ2) is 8.02. The lowest BCUT2D eigenvalue weighted by molar-refractivity contribution is -0.122. The van der Waals surface area contributed by atoms with Gasteiger partial charge in [0, 0.05) is 18.1 Å². The van der Waals surface area contributed by atoms with Crippen molar-refractivity contribution in [1.82, 2.24) is 24.9 Å². The minimum Gasteiger partial charge on any atom is -0.497 e. The van der Waals surface area contributed by atoms with Gasteiger partial charge in [-0.05, 0) is 43.5 Å². The molecule has 1 aliphatic rings. The molecule has 3 aromatic rings. The first kappa shape index (κ1) is 20.3. The summed E-state index contributed by atoms with van der Waals surface area (Å²) in [4.78, 5) is 21.3. The van der Waals surface area contributed by atoms with Crippen molar-refractivity contribution >= 4 is 21.4 Å². The molecule has 1 fully saturated rings. The van der Waals surface area contributed by atoms with Gasteiger partial charge in [0.25, 0.3) is 0 Å². The van der Waals surface area contributed by atoms with Gasteiger partial charge < -0.3 is 10.1 Å². The molecular formula is C20H23N5O4S. The SMILES string of the molecule is COc1ccc(-c2cc3nc([C@H](C)NC(=O)CC4CCS(=O)(=O)C4)nn3cn2)cc1. The summed E-state index contributed by atoms with van der Waals surface area (Å²) >= 11 is 0. The van der Waals surface area contributed by atoms with Crippen molar-refractivity contribution in [1.29, 1.82) is 0 Å². The maximum absolute atomic E-state index is 12.3. The molecule has 10 heteroatoms. The number of nitrogens with zero attached hydrogens (tertiary/aromatic N) is 4. The molecule has 2 atom stereocenters. The summed E-state index contributed by atoms with van der Waals surface area (Å²) in [5, 5.41) is 7.26. The number of nitrogens with one attached hydrogen (secondary N) is 1. The number of benzene rings is 1. The summed E-state index contributed by atoms with van der Waals surface area (Å²) in [5.41, 5.74) is 2.30. The Bertz CT molecular complexity index is 1170. The van der Waals surface area contributed by atoms with Crippen LogP contribution >= 0.6 is 0 Å². The molecule has 0 saturated carbocycles. The molecule has 1 unspecified atom stereocenters. The molecule has 30 heavy (non-hydrogen) atoms. The quantitative estimate of drug-likeness (QED) is 0.635. The number of ether oxygens (including phenoxy) is 1. The van der Waals surface area contributed by atoms with Crippen LogP contribution in [0.1, 0.15) is 31.6 Å². The zero-order chi connectivity index (χ0) is 21.3. The Balaban J connectivity index is 1.45. The Morgan fingerprint density at radius 3 is 2.77 bits per heavy atom. The van der Waals surface area contributed by atoms with Crippen molar-refractivity contribution in [3.05, 3.63) is 42.5 Å². The molecule has 2 aromatic heterocycles. The van der Waals surface area contributed by atoms with Crippen LogP contribution in [0.15, 0.2) is 36.7 Å². The summed E-state index contributed by atoms with van der Waals surface area (Å²) in [6.07, 6.45) is 2.32. The third-order valence-corrected chi connectivity index (χ3v) is 7.03. The lowest BCUT2D eigenvalue weighted by Crippen LogP contribution is -2.29. The molecular weight excluding hydrogens is 406 g/mol. The third-order valence-electron chi connectivity index (χ3n) is 5.20. The fourth-order valence-corrected chi connectivity index (χ4v) is 5.44. The Morgan fingerprint density at radius 1 is 1.33 bits per heavy atom. The molecule has 0 bridgehead atoms. The summed E-state index contributed by atoms with van der Waals surface area (Å²) in [7, 11) is -1.37. The Kier molecular flexibility index (Phi) is 5.42. The van der Waals surface area contributed by atoms with Crippen LogP contribution in [0.3, 0.4) is 0 Å². The first-order valence-corrected chi connectivity index (χ1v) is 11.5. The van der Waals surface area contributed by atoms with Gasteiger partial charge in [-0.25, -0.2) is 22.9 Å². The molecule has 9 nitrogen and oxygen atoms in total. The molecule has 4 rings (SSSR count). The van der Waals surface area contributed by atoms with Gasteiger partial charge >= 0.3 is 0 Å². The van der Waals surface area contributed by atoms with Gasteiger partial charge in [0.05, 0.1) is 30.4 Å². The smallest absolute Gasteiger partial charge is 0.220 e. The van der Waals surface area contributed by atoms with Crippen molar-refractivity contribution < 1.29 is 17.9 Å². The number of fused-ring (bicyclic) bond motifs is 1. The van der Waals surface area contributed by atoms with Crippen LogP contribution in [0.4, 0.5) is 0 Å². The minimum atomic E-state index is -2.99. The number of sulfone groups is 1. The lowest BCUT2D eigenvalue weighted by atomic mass is 10.0. The molecule has 0 spiro atoms. The largest absolute Gasteiger partial charge is 0.497 e. The zero-order valence-corrected chi connectivity index (χ0v) is 17.6. The normalized spacial score (nSPS) is 18.9. The van der Waals surface area contributed by atoms with Crippen LogP contribution in [0, 0.1) is 5.92 Å². The number of carbonyl (C=O) groups is 1. The van der Waals surface area contributed by atoms with Crippen molar-refractivity contribution in [3.63, 3.8) is 0 Å². The Hall–Kier alpha value is -3.01. The van der Waals surface area contributed by atoms with E-state index in [1.165, 1.54) is 0 Å². The Morgan fingerprint density at radius 2 is 2.10 bits per heavy atom. The highest BCUT2D eigenvalue weighted by atomic mass is 32.2. The maximum atomic E-state index is 12.3. The summed E-state index contributed by atoms with van der Waals surface area (Å²) in [5.74, 6) is 1.17. The first-order valence-electron chi connectivity index (χ1n) is 9.69. The summed E-state index contributed by atoms with van der Waals surface area (Å²) in [6, 6.07) is 8.99. The second-order valence-electron chi connectivity index (χ2n) is 7.54. The van der Waals surface area contributed by atoms with E-state index in [-0.39, 0.29) is 29.8 Å². The van der Waals surface area contributed by atoms with Crippen LogP contribution in [0.25, 0.3) is 16.9 Å². The summed E-state index contributed by atoms with van der Waals surface area (Å²) < 4.78 is 29.9. The predicted octanol–water partition coefficient (Wildman–Crippen LogP) is 1.80. The zero-order valence-electron chi connectivity index (χ0n) is 16.8. The molecule has 0 aliphatic carbocycles. The monoisotopic (exact) mass is 429 g/mol. The lowest BCUT2D eigenvalue weighted by Gasteiger charge is -2.12. The molecule has 1 N–H and O–H groups in total. The van der Waals surface area contributed by atoms with Crippen molar-refractivity contribution in [3.8, 4) is 17.0 Å². The van der Waals surface area contributed by atoms with E-state index in [1.807, 2.05) is 30.3 Å². The van der Waals surface area contributed by atoms with Crippen LogP contribution in [-0.4, -0.2) is 52.5 Å².